The minimum Gasteiger partial charge on any atom is -0.408 e. The monoisotopic (exact) mass is 380 g/mol. The lowest BCUT2D eigenvalue weighted by Crippen LogP contribution is -2.26. The predicted octanol–water partition coefficient (Wildman–Crippen LogP) is 3.20. The van der Waals surface area contributed by atoms with Gasteiger partial charge < -0.3 is 14.5 Å². The molecule has 0 aliphatic heterocycles. The van der Waals surface area contributed by atoms with Gasteiger partial charge in [-0.3, -0.25) is 9.36 Å². The van der Waals surface area contributed by atoms with Crippen LogP contribution in [0.15, 0.2) is 57.7 Å². The summed E-state index contributed by atoms with van der Waals surface area (Å²) < 4.78 is 47.6. The summed E-state index contributed by atoms with van der Waals surface area (Å²) in [6.45, 7) is -0.0471. The molecule has 3 aromatic rings. The van der Waals surface area contributed by atoms with Crippen molar-refractivity contribution in [1.82, 2.24) is 9.88 Å². The summed E-state index contributed by atoms with van der Waals surface area (Å²) in [6, 6.07) is 12.4. The van der Waals surface area contributed by atoms with Crippen LogP contribution in [0.3, 0.4) is 0 Å². The Hall–Kier alpha value is -3.23. The van der Waals surface area contributed by atoms with E-state index in [2.05, 4.69) is 10.1 Å². The van der Waals surface area contributed by atoms with E-state index in [1.807, 2.05) is 0 Å². The molecule has 2 aromatic carbocycles. The standard InChI is InChI=1S/C18H15F3N2O4/c19-18(20,21)27-14-7-3-1-5-12(14)11-22-16(24)9-10-23-13-6-2-4-8-15(13)26-17(23)25/h1-8H,9-11H2,(H,22,24). The fraction of sp³-hybridized carbons (Fsp3) is 0.222. The van der Waals surface area contributed by atoms with Crippen LogP contribution in [-0.4, -0.2) is 16.8 Å². The first kappa shape index (κ1) is 18.6. The number of para-hydroxylation sites is 3. The molecule has 0 aliphatic rings. The second kappa shape index (κ2) is 7.56. The summed E-state index contributed by atoms with van der Waals surface area (Å²) in [5.74, 6) is -1.37. The number of carbonyl (C=O) groups is 1. The van der Waals surface area contributed by atoms with Gasteiger partial charge in [-0.05, 0) is 18.2 Å². The Labute approximate surface area is 151 Å². The largest absolute Gasteiger partial charge is 0.573 e. The maximum Gasteiger partial charge on any atom is 0.573 e. The third-order valence-corrected chi connectivity index (χ3v) is 3.81. The van der Waals surface area contributed by atoms with Crippen molar-refractivity contribution in [3.8, 4) is 5.75 Å². The van der Waals surface area contributed by atoms with Crippen molar-refractivity contribution in [2.24, 2.45) is 0 Å². The zero-order valence-electron chi connectivity index (χ0n) is 14.0. The van der Waals surface area contributed by atoms with Crippen LogP contribution >= 0.6 is 0 Å². The van der Waals surface area contributed by atoms with Crippen molar-refractivity contribution >= 4 is 17.0 Å². The molecule has 0 saturated heterocycles. The molecule has 0 atom stereocenters. The van der Waals surface area contributed by atoms with Crippen LogP contribution in [0.1, 0.15) is 12.0 Å². The van der Waals surface area contributed by atoms with Crippen LogP contribution < -0.4 is 15.8 Å². The second-order valence-corrected chi connectivity index (χ2v) is 5.67. The lowest BCUT2D eigenvalue weighted by Gasteiger charge is -2.13. The van der Waals surface area contributed by atoms with Gasteiger partial charge in [0.2, 0.25) is 5.91 Å². The summed E-state index contributed by atoms with van der Waals surface area (Å²) in [4.78, 5) is 23.9. The molecule has 1 aromatic heterocycles. The molecule has 1 N–H and O–H groups in total. The minimum absolute atomic E-state index is 0.0360. The normalized spacial score (nSPS) is 11.5. The average Bonchev–Trinajstić information content (AvgIpc) is 2.93. The van der Waals surface area contributed by atoms with Gasteiger partial charge in [0.1, 0.15) is 5.75 Å². The molecular weight excluding hydrogens is 365 g/mol. The van der Waals surface area contributed by atoms with Crippen LogP contribution in [0.4, 0.5) is 13.2 Å². The molecule has 142 valence electrons. The zero-order valence-corrected chi connectivity index (χ0v) is 14.0. The van der Waals surface area contributed by atoms with Gasteiger partial charge in [-0.2, -0.15) is 0 Å². The Morgan fingerprint density at radius 2 is 1.81 bits per heavy atom. The van der Waals surface area contributed by atoms with E-state index in [1.54, 1.807) is 30.3 Å². The third kappa shape index (κ3) is 4.69. The second-order valence-electron chi connectivity index (χ2n) is 5.67. The maximum absolute atomic E-state index is 12.4. The number of alkyl halides is 3. The molecule has 0 bridgehead atoms. The number of halogens is 3. The maximum atomic E-state index is 12.4. The van der Waals surface area contributed by atoms with Crippen molar-refractivity contribution in [3.05, 3.63) is 64.6 Å². The first-order chi connectivity index (χ1) is 12.8. The number of aromatic nitrogens is 1. The highest BCUT2D eigenvalue weighted by atomic mass is 19.4. The van der Waals surface area contributed by atoms with E-state index in [0.717, 1.165) is 0 Å². The summed E-state index contributed by atoms with van der Waals surface area (Å²) in [6.07, 6.45) is -4.85. The Bertz CT molecular complexity index is 1010. The number of rotatable bonds is 6. The molecule has 1 amide bonds. The Balaban J connectivity index is 1.61. The molecule has 0 aliphatic carbocycles. The van der Waals surface area contributed by atoms with Gasteiger partial charge in [0.25, 0.3) is 0 Å². The third-order valence-electron chi connectivity index (χ3n) is 3.81. The molecule has 1 heterocycles. The number of benzene rings is 2. The first-order valence-corrected chi connectivity index (χ1v) is 8.02. The minimum atomic E-state index is -4.82. The molecule has 0 unspecified atom stereocenters. The molecule has 0 saturated carbocycles. The molecule has 6 nitrogen and oxygen atoms in total. The van der Waals surface area contributed by atoms with E-state index < -0.39 is 18.0 Å². The van der Waals surface area contributed by atoms with E-state index in [4.69, 9.17) is 4.42 Å². The predicted molar refractivity (Wildman–Crippen MR) is 90.1 cm³/mol. The fourth-order valence-corrected chi connectivity index (χ4v) is 2.60. The summed E-state index contributed by atoms with van der Waals surface area (Å²) in [5.41, 5.74) is 1.18. The zero-order chi connectivity index (χ0) is 19.4. The number of oxazole rings is 1. The summed E-state index contributed by atoms with van der Waals surface area (Å²) >= 11 is 0. The highest BCUT2D eigenvalue weighted by Gasteiger charge is 2.31. The molecule has 9 heteroatoms. The molecule has 27 heavy (non-hydrogen) atoms. The highest BCUT2D eigenvalue weighted by Crippen LogP contribution is 2.26. The number of nitrogens with one attached hydrogen (secondary N) is 1. The van der Waals surface area contributed by atoms with Gasteiger partial charge in [0.15, 0.2) is 5.58 Å². The Kier molecular flexibility index (Phi) is 5.20. The van der Waals surface area contributed by atoms with Crippen molar-refractivity contribution in [2.75, 3.05) is 0 Å². The highest BCUT2D eigenvalue weighted by molar-refractivity contribution is 5.76. The van der Waals surface area contributed by atoms with Gasteiger partial charge in [0, 0.05) is 25.1 Å². The van der Waals surface area contributed by atoms with Crippen molar-refractivity contribution < 1.29 is 27.1 Å². The number of aryl methyl sites for hydroxylation is 1. The topological polar surface area (TPSA) is 73.5 Å². The number of carbonyl (C=O) groups excluding carboxylic acids is 1. The van der Waals surface area contributed by atoms with E-state index in [-0.39, 0.29) is 30.8 Å². The molecule has 0 radical (unpaired) electrons. The fourth-order valence-electron chi connectivity index (χ4n) is 2.60. The number of ether oxygens (including phenoxy) is 1. The molecule has 3 rings (SSSR count). The SMILES string of the molecule is O=C(CCn1c(=O)oc2ccccc21)NCc1ccccc1OC(F)(F)F. The molecule has 0 spiro atoms. The van der Waals surface area contributed by atoms with Crippen molar-refractivity contribution in [1.29, 1.82) is 0 Å². The average molecular weight is 380 g/mol. The van der Waals surface area contributed by atoms with Crippen molar-refractivity contribution in [3.63, 3.8) is 0 Å². The van der Waals surface area contributed by atoms with Crippen LogP contribution in [0.5, 0.6) is 5.75 Å². The Morgan fingerprint density at radius 1 is 1.11 bits per heavy atom. The van der Waals surface area contributed by atoms with Crippen LogP contribution in [0, 0.1) is 0 Å². The molecule has 0 fully saturated rings. The summed E-state index contributed by atoms with van der Waals surface area (Å²) in [7, 11) is 0. The number of nitrogens with zero attached hydrogens (tertiary/aromatic N) is 1. The van der Waals surface area contributed by atoms with Gasteiger partial charge in [-0.25, -0.2) is 4.79 Å². The van der Waals surface area contributed by atoms with E-state index in [9.17, 15) is 22.8 Å². The first-order valence-electron chi connectivity index (χ1n) is 8.02. The van der Waals surface area contributed by atoms with Gasteiger partial charge >= 0.3 is 12.1 Å². The molecular formula is C18H15F3N2O4. The van der Waals surface area contributed by atoms with E-state index in [0.29, 0.717) is 11.1 Å². The van der Waals surface area contributed by atoms with E-state index >= 15 is 0 Å². The lowest BCUT2D eigenvalue weighted by molar-refractivity contribution is -0.274. The summed E-state index contributed by atoms with van der Waals surface area (Å²) in [5, 5.41) is 2.52. The van der Waals surface area contributed by atoms with Crippen molar-refractivity contribution in [2.45, 2.75) is 25.9 Å². The van der Waals surface area contributed by atoms with Crippen LogP contribution in [0.2, 0.25) is 0 Å². The number of hydrogen-bond acceptors (Lipinski definition) is 4. The smallest absolute Gasteiger partial charge is 0.408 e. The number of fused-ring (bicyclic) bond motifs is 1. The lowest BCUT2D eigenvalue weighted by atomic mass is 10.2. The van der Waals surface area contributed by atoms with E-state index in [1.165, 1.54) is 22.8 Å². The quantitative estimate of drug-likeness (QED) is 0.713. The number of amides is 1. The van der Waals surface area contributed by atoms with Gasteiger partial charge in [-0.15, -0.1) is 13.2 Å². The van der Waals surface area contributed by atoms with Crippen LogP contribution in [-0.2, 0) is 17.9 Å². The number of hydrogen-bond donors (Lipinski definition) is 1. The Morgan fingerprint density at radius 3 is 2.59 bits per heavy atom. The van der Waals surface area contributed by atoms with Crippen LogP contribution in [0.25, 0.3) is 11.1 Å². The van der Waals surface area contributed by atoms with Gasteiger partial charge in [0.05, 0.1) is 5.52 Å². The van der Waals surface area contributed by atoms with Gasteiger partial charge in [-0.1, -0.05) is 30.3 Å².